The minimum atomic E-state index is -3.61. The van der Waals surface area contributed by atoms with Crippen LogP contribution >= 0.6 is 0 Å². The van der Waals surface area contributed by atoms with E-state index < -0.39 is 10.0 Å². The molecule has 0 aromatic carbocycles. The summed E-state index contributed by atoms with van der Waals surface area (Å²) in [6.07, 6.45) is 1.39. The predicted octanol–water partition coefficient (Wildman–Crippen LogP) is 0.232. The summed E-state index contributed by atoms with van der Waals surface area (Å²) in [4.78, 5) is 0.234. The smallest absolute Gasteiger partial charge is 0.246 e. The maximum atomic E-state index is 12.9. The molecule has 2 aromatic heterocycles. The van der Waals surface area contributed by atoms with Gasteiger partial charge in [-0.05, 0) is 13.8 Å². The Morgan fingerprint density at radius 3 is 2.74 bits per heavy atom. The molecule has 23 heavy (non-hydrogen) atoms. The third-order valence-electron chi connectivity index (χ3n) is 4.14. The standard InChI is InChI=1S/C13H20N6O3S/c1-9-6-18(7-12-15-16-13(8-22-4)19(9)12)23(20,21)11-5-14-17(3)10(11)2/h5,9H,6-8H2,1-4H3/t9-/m0/s1. The van der Waals surface area contributed by atoms with E-state index in [1.165, 1.54) is 10.5 Å². The van der Waals surface area contributed by atoms with Crippen molar-refractivity contribution >= 4 is 10.0 Å². The lowest BCUT2D eigenvalue weighted by atomic mass is 10.2. The van der Waals surface area contributed by atoms with E-state index in [-0.39, 0.29) is 17.5 Å². The van der Waals surface area contributed by atoms with Crippen molar-refractivity contribution in [1.29, 1.82) is 0 Å². The Morgan fingerprint density at radius 1 is 1.39 bits per heavy atom. The fourth-order valence-electron chi connectivity index (χ4n) is 2.86. The Labute approximate surface area is 134 Å². The van der Waals surface area contributed by atoms with Crippen LogP contribution in [0.25, 0.3) is 0 Å². The molecule has 3 heterocycles. The summed E-state index contributed by atoms with van der Waals surface area (Å²) in [5.74, 6) is 1.34. The number of nitrogens with zero attached hydrogens (tertiary/aromatic N) is 6. The summed E-state index contributed by atoms with van der Waals surface area (Å²) in [6, 6.07) is -0.0642. The number of hydrogen-bond donors (Lipinski definition) is 0. The van der Waals surface area contributed by atoms with Crippen molar-refractivity contribution in [2.24, 2.45) is 7.05 Å². The zero-order valence-electron chi connectivity index (χ0n) is 13.6. The van der Waals surface area contributed by atoms with Gasteiger partial charge in [0, 0.05) is 26.7 Å². The summed E-state index contributed by atoms with van der Waals surface area (Å²) in [6.45, 7) is 4.60. The molecule has 0 spiro atoms. The fraction of sp³-hybridized carbons (Fsp3) is 0.615. The van der Waals surface area contributed by atoms with Gasteiger partial charge in [-0.2, -0.15) is 9.40 Å². The van der Waals surface area contributed by atoms with E-state index in [4.69, 9.17) is 4.74 Å². The molecule has 1 atom stereocenters. The normalized spacial score (nSPS) is 19.0. The van der Waals surface area contributed by atoms with Crippen molar-refractivity contribution in [1.82, 2.24) is 28.9 Å². The van der Waals surface area contributed by atoms with Crippen molar-refractivity contribution in [2.45, 2.75) is 37.9 Å². The lowest BCUT2D eigenvalue weighted by molar-refractivity contribution is 0.168. The Bertz CT molecular complexity index is 825. The van der Waals surface area contributed by atoms with E-state index in [9.17, 15) is 8.42 Å². The summed E-state index contributed by atoms with van der Waals surface area (Å²) < 4.78 is 35.9. The summed E-state index contributed by atoms with van der Waals surface area (Å²) >= 11 is 0. The largest absolute Gasteiger partial charge is 0.377 e. The number of rotatable bonds is 4. The van der Waals surface area contributed by atoms with Gasteiger partial charge in [-0.3, -0.25) is 4.68 Å². The zero-order chi connectivity index (χ0) is 16.8. The molecule has 3 rings (SSSR count). The van der Waals surface area contributed by atoms with Crippen molar-refractivity contribution in [3.63, 3.8) is 0 Å². The Hall–Kier alpha value is -1.78. The number of methoxy groups -OCH3 is 1. The number of sulfonamides is 1. The van der Waals surface area contributed by atoms with Gasteiger partial charge in [-0.15, -0.1) is 10.2 Å². The van der Waals surface area contributed by atoms with Gasteiger partial charge in [0.05, 0.1) is 18.4 Å². The molecule has 2 aromatic rings. The SMILES string of the molecule is COCc1nnc2n1[C@@H](C)CN(S(=O)(=O)c1cnn(C)c1C)C2. The molecular weight excluding hydrogens is 320 g/mol. The van der Waals surface area contributed by atoms with Gasteiger partial charge in [0.25, 0.3) is 0 Å². The molecule has 10 heteroatoms. The van der Waals surface area contributed by atoms with Crippen LogP contribution in [0.3, 0.4) is 0 Å². The molecule has 1 aliphatic heterocycles. The third-order valence-corrected chi connectivity index (χ3v) is 6.06. The van der Waals surface area contributed by atoms with Crippen molar-refractivity contribution in [3.05, 3.63) is 23.5 Å². The van der Waals surface area contributed by atoms with Gasteiger partial charge in [0.15, 0.2) is 5.82 Å². The summed E-state index contributed by atoms with van der Waals surface area (Å²) in [5, 5.41) is 12.2. The molecule has 0 amide bonds. The van der Waals surface area contributed by atoms with Gasteiger partial charge in [-0.25, -0.2) is 8.42 Å². The molecule has 0 unspecified atom stereocenters. The maximum absolute atomic E-state index is 12.9. The molecule has 1 aliphatic rings. The van der Waals surface area contributed by atoms with Crippen LogP contribution < -0.4 is 0 Å². The first kappa shape index (κ1) is 16.1. The van der Waals surface area contributed by atoms with Crippen LogP contribution in [-0.4, -0.2) is 50.9 Å². The molecule has 9 nitrogen and oxygen atoms in total. The predicted molar refractivity (Wildman–Crippen MR) is 81.0 cm³/mol. The molecular formula is C13H20N6O3S. The zero-order valence-corrected chi connectivity index (χ0v) is 14.4. The van der Waals surface area contributed by atoms with Gasteiger partial charge < -0.3 is 9.30 Å². The molecule has 0 fully saturated rings. The molecule has 0 aliphatic carbocycles. The highest BCUT2D eigenvalue weighted by Gasteiger charge is 2.35. The average molecular weight is 340 g/mol. The highest BCUT2D eigenvalue weighted by molar-refractivity contribution is 7.89. The fourth-order valence-corrected chi connectivity index (χ4v) is 4.52. The highest BCUT2D eigenvalue weighted by atomic mass is 32.2. The topological polar surface area (TPSA) is 95.1 Å². The first-order chi connectivity index (χ1) is 10.9. The Morgan fingerprint density at radius 2 is 2.13 bits per heavy atom. The molecule has 0 saturated heterocycles. The van der Waals surface area contributed by atoms with Gasteiger partial charge in [-0.1, -0.05) is 0 Å². The van der Waals surface area contributed by atoms with Crippen LogP contribution in [0.1, 0.15) is 30.3 Å². The number of hydrogen-bond acceptors (Lipinski definition) is 6. The van der Waals surface area contributed by atoms with E-state index in [1.807, 2.05) is 11.5 Å². The van der Waals surface area contributed by atoms with Crippen molar-refractivity contribution in [3.8, 4) is 0 Å². The van der Waals surface area contributed by atoms with Crippen LogP contribution in [0.15, 0.2) is 11.1 Å². The van der Waals surface area contributed by atoms with Crippen LogP contribution in [0.4, 0.5) is 0 Å². The number of aromatic nitrogens is 5. The second kappa shape index (κ2) is 5.69. The molecule has 0 bridgehead atoms. The van der Waals surface area contributed by atoms with Crippen LogP contribution in [-0.2, 0) is 35.0 Å². The monoisotopic (exact) mass is 340 g/mol. The summed E-state index contributed by atoms with van der Waals surface area (Å²) in [5.41, 5.74) is 0.616. The van der Waals surface area contributed by atoms with Gasteiger partial charge in [0.1, 0.15) is 17.3 Å². The minimum Gasteiger partial charge on any atom is -0.377 e. The number of ether oxygens (including phenoxy) is 1. The van der Waals surface area contributed by atoms with E-state index in [2.05, 4.69) is 15.3 Å². The van der Waals surface area contributed by atoms with Crippen molar-refractivity contribution in [2.75, 3.05) is 13.7 Å². The van der Waals surface area contributed by atoms with E-state index >= 15 is 0 Å². The molecule has 0 saturated carbocycles. The first-order valence-electron chi connectivity index (χ1n) is 7.26. The Kier molecular flexibility index (Phi) is 3.98. The molecule has 126 valence electrons. The quantitative estimate of drug-likeness (QED) is 0.791. The second-order valence-electron chi connectivity index (χ2n) is 5.70. The average Bonchev–Trinajstić information content (AvgIpc) is 3.05. The Balaban J connectivity index is 1.95. The van der Waals surface area contributed by atoms with E-state index in [0.29, 0.717) is 30.5 Å². The lowest BCUT2D eigenvalue weighted by Gasteiger charge is -2.31. The number of aryl methyl sites for hydroxylation is 1. The van der Waals surface area contributed by atoms with Crippen LogP contribution in [0.2, 0.25) is 0 Å². The summed E-state index contributed by atoms with van der Waals surface area (Å²) in [7, 11) is -0.296. The van der Waals surface area contributed by atoms with Gasteiger partial charge >= 0.3 is 0 Å². The highest BCUT2D eigenvalue weighted by Crippen LogP contribution is 2.28. The van der Waals surface area contributed by atoms with Gasteiger partial charge in [0.2, 0.25) is 10.0 Å². The second-order valence-corrected chi connectivity index (χ2v) is 7.61. The number of fused-ring (bicyclic) bond motifs is 1. The van der Waals surface area contributed by atoms with E-state index in [1.54, 1.807) is 25.8 Å². The molecule has 0 N–H and O–H groups in total. The van der Waals surface area contributed by atoms with Crippen molar-refractivity contribution < 1.29 is 13.2 Å². The maximum Gasteiger partial charge on any atom is 0.246 e. The van der Waals surface area contributed by atoms with E-state index in [0.717, 1.165) is 0 Å². The first-order valence-corrected chi connectivity index (χ1v) is 8.70. The third kappa shape index (κ3) is 2.56. The molecule has 0 radical (unpaired) electrons. The van der Waals surface area contributed by atoms with Crippen LogP contribution in [0.5, 0.6) is 0 Å². The lowest BCUT2D eigenvalue weighted by Crippen LogP contribution is -2.40. The minimum absolute atomic E-state index is 0.0642. The van der Waals surface area contributed by atoms with Crippen LogP contribution in [0, 0.1) is 6.92 Å².